The van der Waals surface area contributed by atoms with E-state index in [4.69, 9.17) is 14.5 Å². The summed E-state index contributed by atoms with van der Waals surface area (Å²) in [6, 6.07) is 9.12. The second-order valence-electron chi connectivity index (χ2n) is 7.50. The van der Waals surface area contributed by atoms with Gasteiger partial charge in [0.15, 0.2) is 11.5 Å². The molecule has 2 N–H and O–H groups in total. The minimum absolute atomic E-state index is 0.669. The van der Waals surface area contributed by atoms with Crippen molar-refractivity contribution in [1.82, 2.24) is 15.6 Å². The lowest BCUT2D eigenvalue weighted by molar-refractivity contribution is 0.355. The molecule has 0 saturated heterocycles. The number of rotatable bonds is 6. The molecule has 146 valence electrons. The van der Waals surface area contributed by atoms with Crippen LogP contribution in [-0.4, -0.2) is 31.8 Å². The lowest BCUT2D eigenvalue weighted by atomic mass is 9.96. The molecule has 0 spiro atoms. The minimum atomic E-state index is 0.669. The third-order valence-electron chi connectivity index (χ3n) is 5.58. The highest BCUT2D eigenvalue weighted by Crippen LogP contribution is 2.41. The summed E-state index contributed by atoms with van der Waals surface area (Å²) >= 11 is 1.83. The van der Waals surface area contributed by atoms with E-state index in [1.165, 1.54) is 34.2 Å². The molecule has 5 nitrogen and oxygen atoms in total. The van der Waals surface area contributed by atoms with Gasteiger partial charge in [-0.15, -0.1) is 11.3 Å². The molecule has 0 bridgehead atoms. The van der Waals surface area contributed by atoms with Crippen LogP contribution in [0, 0.1) is 0 Å². The van der Waals surface area contributed by atoms with Crippen molar-refractivity contribution < 1.29 is 9.47 Å². The summed E-state index contributed by atoms with van der Waals surface area (Å²) in [6.07, 6.45) is 3.62. The molecular formula is C22H25N3O2S. The zero-order chi connectivity index (χ0) is 19.1. The van der Waals surface area contributed by atoms with Crippen molar-refractivity contribution in [2.75, 3.05) is 20.8 Å². The molecule has 1 aliphatic heterocycles. The normalized spacial score (nSPS) is 16.2. The molecular weight excluding hydrogens is 370 g/mol. The predicted octanol–water partition coefficient (Wildman–Crippen LogP) is 3.88. The van der Waals surface area contributed by atoms with E-state index in [1.807, 2.05) is 17.4 Å². The van der Waals surface area contributed by atoms with E-state index in [9.17, 15) is 0 Å². The molecule has 1 fully saturated rings. The number of nitrogens with zero attached hydrogens (tertiary/aromatic N) is 1. The molecule has 5 rings (SSSR count). The van der Waals surface area contributed by atoms with Gasteiger partial charge in [-0.3, -0.25) is 0 Å². The van der Waals surface area contributed by atoms with Crippen molar-refractivity contribution in [3.8, 4) is 22.6 Å². The topological polar surface area (TPSA) is 55.4 Å². The number of methoxy groups -OCH3 is 2. The summed E-state index contributed by atoms with van der Waals surface area (Å²) in [7, 11) is 3.36. The number of nitrogens with one attached hydrogen (secondary N) is 2. The molecule has 1 saturated carbocycles. The van der Waals surface area contributed by atoms with Gasteiger partial charge in [0.25, 0.3) is 0 Å². The van der Waals surface area contributed by atoms with Crippen molar-refractivity contribution in [3.63, 3.8) is 0 Å². The molecule has 0 unspecified atom stereocenters. The van der Waals surface area contributed by atoms with Crippen LogP contribution in [0.1, 0.15) is 29.0 Å². The Balaban J connectivity index is 1.67. The van der Waals surface area contributed by atoms with Crippen LogP contribution in [0.25, 0.3) is 21.3 Å². The smallest absolute Gasteiger partial charge is 0.161 e. The van der Waals surface area contributed by atoms with Crippen LogP contribution in [0.3, 0.4) is 0 Å². The zero-order valence-electron chi connectivity index (χ0n) is 16.3. The first-order valence-corrected chi connectivity index (χ1v) is 10.7. The van der Waals surface area contributed by atoms with Crippen molar-refractivity contribution in [3.05, 3.63) is 40.4 Å². The quantitative estimate of drug-likeness (QED) is 0.663. The molecule has 1 aliphatic carbocycles. The maximum absolute atomic E-state index is 5.56. The van der Waals surface area contributed by atoms with Crippen LogP contribution in [-0.2, 0) is 19.5 Å². The summed E-state index contributed by atoms with van der Waals surface area (Å²) in [5, 5.41) is 8.40. The van der Waals surface area contributed by atoms with Crippen LogP contribution in [0.2, 0.25) is 0 Å². The Morgan fingerprint density at radius 3 is 2.82 bits per heavy atom. The van der Waals surface area contributed by atoms with Crippen LogP contribution in [0.15, 0.2) is 24.3 Å². The fourth-order valence-electron chi connectivity index (χ4n) is 3.94. The van der Waals surface area contributed by atoms with Crippen molar-refractivity contribution in [2.45, 2.75) is 38.4 Å². The van der Waals surface area contributed by atoms with Crippen LogP contribution in [0.5, 0.6) is 11.5 Å². The zero-order valence-corrected chi connectivity index (χ0v) is 17.1. The van der Waals surface area contributed by atoms with Crippen molar-refractivity contribution in [1.29, 1.82) is 0 Å². The second-order valence-corrected chi connectivity index (χ2v) is 8.58. The molecule has 1 aromatic carbocycles. The van der Waals surface area contributed by atoms with Crippen molar-refractivity contribution >= 4 is 21.6 Å². The summed E-state index contributed by atoms with van der Waals surface area (Å²) in [5.74, 6) is 1.51. The summed E-state index contributed by atoms with van der Waals surface area (Å²) in [5.41, 5.74) is 4.96. The van der Waals surface area contributed by atoms with Gasteiger partial charge >= 0.3 is 0 Å². The van der Waals surface area contributed by atoms with Gasteiger partial charge in [-0.2, -0.15) is 0 Å². The van der Waals surface area contributed by atoms with E-state index < -0.39 is 0 Å². The van der Waals surface area contributed by atoms with Crippen LogP contribution < -0.4 is 20.1 Å². The highest BCUT2D eigenvalue weighted by Gasteiger charge is 2.23. The van der Waals surface area contributed by atoms with E-state index in [2.05, 4.69) is 28.8 Å². The monoisotopic (exact) mass is 395 g/mol. The number of hydrogen-bond acceptors (Lipinski definition) is 6. The average molecular weight is 396 g/mol. The molecule has 0 atom stereocenters. The van der Waals surface area contributed by atoms with Gasteiger partial charge in [0, 0.05) is 29.4 Å². The largest absolute Gasteiger partial charge is 0.493 e. The first-order chi connectivity index (χ1) is 13.8. The van der Waals surface area contributed by atoms with Crippen LogP contribution in [0.4, 0.5) is 0 Å². The fourth-order valence-corrected chi connectivity index (χ4v) is 5.17. The third kappa shape index (κ3) is 3.26. The maximum Gasteiger partial charge on any atom is 0.161 e. The number of hydrogen-bond donors (Lipinski definition) is 2. The Kier molecular flexibility index (Phi) is 4.70. The predicted molar refractivity (Wildman–Crippen MR) is 113 cm³/mol. The summed E-state index contributed by atoms with van der Waals surface area (Å²) in [6.45, 7) is 2.79. The molecule has 2 aliphatic rings. The lowest BCUT2D eigenvalue weighted by Crippen LogP contribution is -2.22. The summed E-state index contributed by atoms with van der Waals surface area (Å²) < 4.78 is 11.0. The molecule has 6 heteroatoms. The second kappa shape index (κ2) is 7.35. The van der Waals surface area contributed by atoms with E-state index in [0.717, 1.165) is 53.6 Å². The van der Waals surface area contributed by atoms with Gasteiger partial charge in [0.2, 0.25) is 0 Å². The molecule has 3 heterocycles. The molecule has 2 aromatic heterocycles. The summed E-state index contributed by atoms with van der Waals surface area (Å²) in [4.78, 5) is 7.58. The Bertz CT molecular complexity index is 1030. The van der Waals surface area contributed by atoms with E-state index in [0.29, 0.717) is 6.04 Å². The van der Waals surface area contributed by atoms with Gasteiger partial charge in [-0.25, -0.2) is 4.98 Å². The molecule has 28 heavy (non-hydrogen) atoms. The number of ether oxygens (including phenoxy) is 2. The number of fused-ring (bicyclic) bond motifs is 3. The van der Waals surface area contributed by atoms with Gasteiger partial charge < -0.3 is 20.1 Å². The molecule has 0 amide bonds. The average Bonchev–Trinajstić information content (AvgIpc) is 3.49. The molecule has 0 radical (unpaired) electrons. The van der Waals surface area contributed by atoms with Gasteiger partial charge in [-0.1, -0.05) is 6.07 Å². The highest BCUT2D eigenvalue weighted by molar-refractivity contribution is 7.19. The number of benzene rings is 1. The Labute approximate surface area is 169 Å². The first kappa shape index (κ1) is 17.9. The maximum atomic E-state index is 5.56. The highest BCUT2D eigenvalue weighted by atomic mass is 32.1. The fraction of sp³-hybridized carbons (Fsp3) is 0.409. The van der Waals surface area contributed by atoms with Crippen molar-refractivity contribution in [2.24, 2.45) is 0 Å². The van der Waals surface area contributed by atoms with Gasteiger partial charge in [-0.05, 0) is 60.7 Å². The standard InChI is InChI=1S/C22H25N3O2S/c1-26-18-6-3-13(9-19(18)27-2)17-10-15(11-24-14-4-5-14)25-22-21(17)16-7-8-23-12-20(16)28-22/h3,6,9-10,14,23-24H,4-5,7-8,11-12H2,1-2H3. The Morgan fingerprint density at radius 1 is 1.18 bits per heavy atom. The number of thiophene rings is 1. The van der Waals surface area contributed by atoms with Gasteiger partial charge in [0.1, 0.15) is 4.83 Å². The number of aromatic nitrogens is 1. The SMILES string of the molecule is COc1ccc(-c2cc(CNC3CC3)nc3sc4c(c23)CCNC4)cc1OC. The minimum Gasteiger partial charge on any atom is -0.493 e. The Hall–Kier alpha value is -2.15. The van der Waals surface area contributed by atoms with Gasteiger partial charge in [0.05, 0.1) is 19.9 Å². The Morgan fingerprint density at radius 2 is 2.04 bits per heavy atom. The molecule has 3 aromatic rings. The van der Waals surface area contributed by atoms with E-state index in [-0.39, 0.29) is 0 Å². The number of pyridine rings is 1. The van der Waals surface area contributed by atoms with E-state index >= 15 is 0 Å². The van der Waals surface area contributed by atoms with Crippen LogP contribution >= 0.6 is 11.3 Å². The van der Waals surface area contributed by atoms with E-state index in [1.54, 1.807) is 14.2 Å². The first-order valence-electron chi connectivity index (χ1n) is 9.87. The lowest BCUT2D eigenvalue weighted by Gasteiger charge is -2.15. The third-order valence-corrected chi connectivity index (χ3v) is 6.70.